The minimum Gasteiger partial charge on any atom is -0.0508 e. The quantitative estimate of drug-likeness (QED) is 0.271. The highest BCUT2D eigenvalue weighted by atomic mass is 79.9. The number of benzene rings is 2. The van der Waals surface area contributed by atoms with Crippen molar-refractivity contribution in [3.63, 3.8) is 0 Å². The molecule has 0 aliphatic rings. The molecule has 2 aromatic carbocycles. The fourth-order valence-corrected chi connectivity index (χ4v) is 5.79. The van der Waals surface area contributed by atoms with E-state index in [2.05, 4.69) is 103 Å². The molecule has 0 saturated heterocycles. The molecule has 0 radical (unpaired) electrons. The maximum absolute atomic E-state index is 3.44. The summed E-state index contributed by atoms with van der Waals surface area (Å²) in [5.41, 5.74) is 1.23. The average Bonchev–Trinajstić information content (AvgIpc) is 2.24. The smallest absolute Gasteiger partial charge is 0.0226 e. The molecule has 0 N–H and O–H groups in total. The van der Waals surface area contributed by atoms with Gasteiger partial charge in [-0.2, -0.15) is 0 Å². The van der Waals surface area contributed by atoms with Gasteiger partial charge in [-0.3, -0.25) is 0 Å². The van der Waals surface area contributed by atoms with E-state index in [4.69, 9.17) is 0 Å². The molecule has 0 fully saturated rings. The molecule has 2 aromatic rings. The molecule has 0 saturated carbocycles. The Hall–Kier alpha value is 1.32. The van der Waals surface area contributed by atoms with Crippen LogP contribution in [0.15, 0.2) is 57.2 Å². The minimum atomic E-state index is 1.07. The highest BCUT2D eigenvalue weighted by Gasteiger charge is 1.99. The number of hydrogen-bond donors (Lipinski definition) is 0. The largest absolute Gasteiger partial charge is 0.0508 e. The first kappa shape index (κ1) is 18.4. The normalized spacial score (nSPS) is 9.84. The van der Waals surface area contributed by atoms with Gasteiger partial charge in [-0.25, -0.2) is 0 Å². The predicted molar refractivity (Wildman–Crippen MR) is 104 cm³/mol. The van der Waals surface area contributed by atoms with Gasteiger partial charge in [-0.05, 0) is 42.8 Å². The third kappa shape index (κ3) is 6.74. The summed E-state index contributed by atoms with van der Waals surface area (Å²) in [6.45, 7) is 2.06. The lowest BCUT2D eigenvalue weighted by molar-refractivity contribution is 1.38. The summed E-state index contributed by atoms with van der Waals surface area (Å²) in [6, 6.07) is 10.0. The van der Waals surface area contributed by atoms with E-state index in [1.807, 2.05) is 30.3 Å². The van der Waals surface area contributed by atoms with Crippen LogP contribution >= 0.6 is 95.6 Å². The Morgan fingerprint density at radius 3 is 1.11 bits per heavy atom. The van der Waals surface area contributed by atoms with Crippen molar-refractivity contribution in [2.45, 2.75) is 6.92 Å². The van der Waals surface area contributed by atoms with Gasteiger partial charge >= 0.3 is 0 Å². The van der Waals surface area contributed by atoms with Crippen molar-refractivity contribution in [2.24, 2.45) is 0 Å². The van der Waals surface area contributed by atoms with E-state index in [0.717, 1.165) is 26.8 Å². The Bertz CT molecular complexity index is 506. The van der Waals surface area contributed by atoms with Gasteiger partial charge in [-0.1, -0.05) is 95.6 Å². The molecule has 6 heteroatoms. The molecule has 0 nitrogen and oxygen atoms in total. The summed E-state index contributed by atoms with van der Waals surface area (Å²) in [7, 11) is 0. The summed E-state index contributed by atoms with van der Waals surface area (Å²) in [5, 5.41) is 0. The Kier molecular flexibility index (Phi) is 8.40. The van der Waals surface area contributed by atoms with Gasteiger partial charge in [0.05, 0.1) is 0 Å². The van der Waals surface area contributed by atoms with E-state index in [1.54, 1.807) is 0 Å². The Labute approximate surface area is 163 Å². The van der Waals surface area contributed by atoms with E-state index in [-0.39, 0.29) is 0 Å². The lowest BCUT2D eigenvalue weighted by Gasteiger charge is -2.00. The zero-order valence-electron chi connectivity index (χ0n) is 9.65. The van der Waals surface area contributed by atoms with Crippen LogP contribution in [0.4, 0.5) is 0 Å². The molecule has 0 atom stereocenters. The van der Waals surface area contributed by atoms with Crippen LogP contribution in [0.1, 0.15) is 5.56 Å². The highest BCUT2D eigenvalue weighted by molar-refractivity contribution is 9.12. The standard InChI is InChI=1S/C7H5Br3.C6H3Br3/c1-4-6(9)2-5(8)3-7(4)10;7-4-1-5(8)3-6(9)2-4/h2-3H,1H3;1-3H. The molecule has 0 aromatic heterocycles. The van der Waals surface area contributed by atoms with E-state index in [0.29, 0.717) is 0 Å². The molecule has 19 heavy (non-hydrogen) atoms. The molecular weight excluding hydrogens is 636 g/mol. The van der Waals surface area contributed by atoms with Crippen LogP contribution in [0.5, 0.6) is 0 Å². The zero-order valence-corrected chi connectivity index (χ0v) is 19.2. The molecule has 0 spiro atoms. The number of rotatable bonds is 0. The Balaban J connectivity index is 0.000000191. The maximum Gasteiger partial charge on any atom is 0.0226 e. The SMILES string of the molecule is Brc1cc(Br)cc(Br)c1.Cc1c(Br)cc(Br)cc1Br. The molecule has 2 rings (SSSR count). The first-order valence-electron chi connectivity index (χ1n) is 5.02. The molecule has 0 aliphatic carbocycles. The summed E-state index contributed by atoms with van der Waals surface area (Å²) in [5.74, 6) is 0. The van der Waals surface area contributed by atoms with Gasteiger partial charge in [-0.15, -0.1) is 0 Å². The van der Waals surface area contributed by atoms with Crippen molar-refractivity contribution >= 4 is 95.6 Å². The first-order valence-corrected chi connectivity index (χ1v) is 9.78. The number of halogens is 6. The summed E-state index contributed by atoms with van der Waals surface area (Å²) < 4.78 is 6.54. The molecular formula is C13H8Br6. The molecule has 0 heterocycles. The fourth-order valence-electron chi connectivity index (χ4n) is 1.13. The van der Waals surface area contributed by atoms with Gasteiger partial charge in [0.1, 0.15) is 0 Å². The lowest BCUT2D eigenvalue weighted by Crippen LogP contribution is -1.77. The Morgan fingerprint density at radius 1 is 0.526 bits per heavy atom. The fraction of sp³-hybridized carbons (Fsp3) is 0.0769. The van der Waals surface area contributed by atoms with Crippen molar-refractivity contribution < 1.29 is 0 Å². The van der Waals surface area contributed by atoms with E-state index in [1.165, 1.54) is 5.56 Å². The van der Waals surface area contributed by atoms with Crippen LogP contribution in [0.25, 0.3) is 0 Å². The van der Waals surface area contributed by atoms with Crippen LogP contribution in [-0.2, 0) is 0 Å². The van der Waals surface area contributed by atoms with Crippen LogP contribution in [0, 0.1) is 6.92 Å². The first-order chi connectivity index (χ1) is 8.79. The highest BCUT2D eigenvalue weighted by Crippen LogP contribution is 2.28. The van der Waals surface area contributed by atoms with Gasteiger partial charge in [0.2, 0.25) is 0 Å². The van der Waals surface area contributed by atoms with Crippen molar-refractivity contribution in [2.75, 3.05) is 0 Å². The van der Waals surface area contributed by atoms with E-state index >= 15 is 0 Å². The number of hydrogen-bond acceptors (Lipinski definition) is 0. The van der Waals surface area contributed by atoms with Gasteiger partial charge in [0.15, 0.2) is 0 Å². The van der Waals surface area contributed by atoms with E-state index in [9.17, 15) is 0 Å². The van der Waals surface area contributed by atoms with Crippen molar-refractivity contribution in [1.29, 1.82) is 0 Å². The van der Waals surface area contributed by atoms with Crippen LogP contribution in [-0.4, -0.2) is 0 Å². The predicted octanol–water partition coefficient (Wildman–Crippen LogP) is 8.26. The maximum atomic E-state index is 3.44. The molecule has 0 aliphatic heterocycles. The van der Waals surface area contributed by atoms with Crippen molar-refractivity contribution in [1.82, 2.24) is 0 Å². The van der Waals surface area contributed by atoms with Crippen molar-refractivity contribution in [3.05, 3.63) is 62.7 Å². The zero-order chi connectivity index (χ0) is 14.6. The average molecular weight is 644 g/mol. The molecule has 102 valence electrons. The summed E-state index contributed by atoms with van der Waals surface area (Å²) in [6.07, 6.45) is 0. The van der Waals surface area contributed by atoms with Gasteiger partial charge in [0.25, 0.3) is 0 Å². The third-order valence-corrected chi connectivity index (χ3v) is 5.55. The van der Waals surface area contributed by atoms with Crippen LogP contribution in [0.2, 0.25) is 0 Å². The van der Waals surface area contributed by atoms with E-state index < -0.39 is 0 Å². The monoisotopic (exact) mass is 638 g/mol. The molecule has 0 amide bonds. The second kappa shape index (κ2) is 8.69. The molecule has 0 unspecified atom stereocenters. The summed E-state index contributed by atoms with van der Waals surface area (Å²) >= 11 is 20.3. The third-order valence-electron chi connectivity index (χ3n) is 2.07. The van der Waals surface area contributed by atoms with Gasteiger partial charge < -0.3 is 0 Å². The Morgan fingerprint density at radius 2 is 0.789 bits per heavy atom. The minimum absolute atomic E-state index is 1.07. The second-order valence-corrected chi connectivity index (χ2v) is 8.95. The molecule has 0 bridgehead atoms. The second-order valence-electron chi connectivity index (χ2n) is 3.58. The summed E-state index contributed by atoms with van der Waals surface area (Å²) in [4.78, 5) is 0. The lowest BCUT2D eigenvalue weighted by atomic mass is 10.2. The van der Waals surface area contributed by atoms with Crippen LogP contribution < -0.4 is 0 Å². The topological polar surface area (TPSA) is 0 Å². The van der Waals surface area contributed by atoms with Gasteiger partial charge in [0, 0.05) is 26.8 Å². The van der Waals surface area contributed by atoms with Crippen molar-refractivity contribution in [3.8, 4) is 0 Å². The van der Waals surface area contributed by atoms with Crippen LogP contribution in [0.3, 0.4) is 0 Å².